The van der Waals surface area contributed by atoms with Gasteiger partial charge >= 0.3 is 0 Å². The number of hydrogen-bond acceptors (Lipinski definition) is 2. The van der Waals surface area contributed by atoms with E-state index in [1.165, 1.54) is 22.0 Å². The van der Waals surface area contributed by atoms with Crippen LogP contribution in [0, 0.1) is 0 Å². The average Bonchev–Trinajstić information content (AvgIpc) is 2.99. The highest BCUT2D eigenvalue weighted by Gasteiger charge is 2.12. The molecule has 2 heterocycles. The van der Waals surface area contributed by atoms with Gasteiger partial charge in [-0.15, -0.1) is 0 Å². The smallest absolute Gasteiger partial charge is 0.191 e. The van der Waals surface area contributed by atoms with E-state index in [1.807, 2.05) is 11.8 Å². The molecule has 1 aromatic carbocycles. The summed E-state index contributed by atoms with van der Waals surface area (Å²) in [5, 5.41) is 1.32. The zero-order chi connectivity index (χ0) is 15.4. The molecule has 0 atom stereocenters. The first-order chi connectivity index (χ1) is 10.8. The number of aromatic nitrogens is 1. The Bertz CT molecular complexity index is 656. The highest BCUT2D eigenvalue weighted by molar-refractivity contribution is 7.99. The predicted octanol–water partition coefficient (Wildman–Crippen LogP) is 2.64. The van der Waals surface area contributed by atoms with Gasteiger partial charge in [-0.1, -0.05) is 25.1 Å². The number of aliphatic imine (C=N–C) groups is 1. The fraction of sp³-hybridized carbons (Fsp3) is 0.471. The molecule has 5 heteroatoms. The van der Waals surface area contributed by atoms with Gasteiger partial charge in [0.15, 0.2) is 5.96 Å². The fourth-order valence-corrected chi connectivity index (χ4v) is 3.86. The summed E-state index contributed by atoms with van der Waals surface area (Å²) in [4.78, 5) is 10.2. The lowest BCUT2D eigenvalue weighted by Gasteiger charge is -2.27. The van der Waals surface area contributed by atoms with Crippen molar-refractivity contribution in [2.45, 2.75) is 19.8 Å². The molecule has 2 aromatic rings. The molecule has 1 aliphatic rings. The third-order valence-corrected chi connectivity index (χ3v) is 5.20. The molecule has 1 saturated heterocycles. The van der Waals surface area contributed by atoms with Crippen molar-refractivity contribution in [1.29, 1.82) is 0 Å². The van der Waals surface area contributed by atoms with Crippen LogP contribution in [0.25, 0.3) is 10.9 Å². The first-order valence-electron chi connectivity index (χ1n) is 8.00. The van der Waals surface area contributed by atoms with Crippen molar-refractivity contribution in [1.82, 2.24) is 9.88 Å². The largest absolute Gasteiger partial charge is 0.370 e. The minimum Gasteiger partial charge on any atom is -0.370 e. The summed E-state index contributed by atoms with van der Waals surface area (Å²) in [7, 11) is 0. The number of benzene rings is 1. The Labute approximate surface area is 136 Å². The van der Waals surface area contributed by atoms with Gasteiger partial charge in [0.05, 0.1) is 0 Å². The summed E-state index contributed by atoms with van der Waals surface area (Å²) in [6.07, 6.45) is 4.10. The molecular weight excluding hydrogens is 292 g/mol. The molecule has 22 heavy (non-hydrogen) atoms. The van der Waals surface area contributed by atoms with Gasteiger partial charge in [0, 0.05) is 48.2 Å². The first-order valence-corrected chi connectivity index (χ1v) is 9.15. The van der Waals surface area contributed by atoms with E-state index in [2.05, 4.69) is 46.2 Å². The Morgan fingerprint density at radius 3 is 2.91 bits per heavy atom. The van der Waals surface area contributed by atoms with E-state index in [-0.39, 0.29) is 0 Å². The Kier molecular flexibility index (Phi) is 4.93. The second-order valence-corrected chi connectivity index (χ2v) is 6.82. The summed E-state index contributed by atoms with van der Waals surface area (Å²) in [5.74, 6) is 3.01. The molecule has 0 bridgehead atoms. The fourth-order valence-electron chi connectivity index (χ4n) is 2.96. The van der Waals surface area contributed by atoms with Crippen LogP contribution in [0.4, 0.5) is 0 Å². The van der Waals surface area contributed by atoms with Gasteiger partial charge in [0.2, 0.25) is 0 Å². The zero-order valence-electron chi connectivity index (χ0n) is 13.1. The summed E-state index contributed by atoms with van der Waals surface area (Å²) < 4.78 is 0. The number of hydrogen-bond donors (Lipinski definition) is 2. The lowest BCUT2D eigenvalue weighted by molar-refractivity contribution is 0.456. The van der Waals surface area contributed by atoms with Crippen molar-refractivity contribution >= 4 is 28.6 Å². The van der Waals surface area contributed by atoms with Crippen LogP contribution in [0.1, 0.15) is 18.1 Å². The van der Waals surface area contributed by atoms with Gasteiger partial charge < -0.3 is 15.6 Å². The highest BCUT2D eigenvalue weighted by Crippen LogP contribution is 2.22. The quantitative estimate of drug-likeness (QED) is 0.673. The van der Waals surface area contributed by atoms with Crippen LogP contribution in [-0.4, -0.2) is 47.0 Å². The Morgan fingerprint density at radius 2 is 2.14 bits per heavy atom. The maximum Gasteiger partial charge on any atom is 0.191 e. The zero-order valence-corrected chi connectivity index (χ0v) is 14.0. The van der Waals surface area contributed by atoms with Crippen LogP contribution in [0.5, 0.6) is 0 Å². The summed E-state index contributed by atoms with van der Waals surface area (Å²) in [6.45, 7) is 4.98. The third kappa shape index (κ3) is 3.24. The van der Waals surface area contributed by atoms with Crippen molar-refractivity contribution in [3.63, 3.8) is 0 Å². The molecule has 3 N–H and O–H groups in total. The maximum atomic E-state index is 6.11. The summed E-state index contributed by atoms with van der Waals surface area (Å²) >= 11 is 1.99. The lowest BCUT2D eigenvalue weighted by atomic mass is 10.1. The number of guanidine groups is 1. The number of H-pyrrole nitrogens is 1. The normalized spacial score (nSPS) is 16.4. The summed E-state index contributed by atoms with van der Waals surface area (Å²) in [5.41, 5.74) is 10.1. The Balaban J connectivity index is 1.66. The molecule has 118 valence electrons. The molecule has 4 nitrogen and oxygen atoms in total. The Morgan fingerprint density at radius 1 is 1.32 bits per heavy atom. The highest BCUT2D eigenvalue weighted by atomic mass is 32.2. The molecule has 0 radical (unpaired) electrons. The van der Waals surface area contributed by atoms with E-state index in [4.69, 9.17) is 5.73 Å². The van der Waals surface area contributed by atoms with Gasteiger partial charge in [-0.25, -0.2) is 0 Å². The number of nitrogens with one attached hydrogen (secondary N) is 1. The third-order valence-electron chi connectivity index (χ3n) is 4.26. The predicted molar refractivity (Wildman–Crippen MR) is 96.8 cm³/mol. The molecule has 0 aliphatic carbocycles. The number of rotatable bonds is 4. The lowest BCUT2D eigenvalue weighted by Crippen LogP contribution is -2.42. The number of nitrogens with zero attached hydrogens (tertiary/aromatic N) is 2. The number of nitrogens with two attached hydrogens (primary N) is 1. The molecule has 0 spiro atoms. The standard InChI is InChI=1S/C17H24N4S/c1-2-13-4-3-5-15-14(12-20-16(13)15)6-7-19-17(18)21-8-10-22-11-9-21/h3-5,12,20H,2,6-11H2,1H3,(H2,18,19). The number of aromatic amines is 1. The second-order valence-electron chi connectivity index (χ2n) is 5.60. The van der Waals surface area contributed by atoms with Gasteiger partial charge in [-0.05, 0) is 24.0 Å². The van der Waals surface area contributed by atoms with Gasteiger partial charge in [0.25, 0.3) is 0 Å². The van der Waals surface area contributed by atoms with E-state index >= 15 is 0 Å². The summed E-state index contributed by atoms with van der Waals surface area (Å²) in [6, 6.07) is 6.52. The molecule has 0 amide bonds. The number of thioether (sulfide) groups is 1. The van der Waals surface area contributed by atoms with E-state index < -0.39 is 0 Å². The first kappa shape index (κ1) is 15.3. The number of aryl methyl sites for hydroxylation is 1. The monoisotopic (exact) mass is 316 g/mol. The molecule has 0 saturated carbocycles. The number of fused-ring (bicyclic) bond motifs is 1. The Hall–Kier alpha value is -1.62. The van der Waals surface area contributed by atoms with E-state index in [1.54, 1.807) is 0 Å². The molecule has 3 rings (SSSR count). The molecular formula is C17H24N4S. The van der Waals surface area contributed by atoms with Crippen molar-refractivity contribution in [3.8, 4) is 0 Å². The number of para-hydroxylation sites is 1. The molecule has 1 aromatic heterocycles. The van der Waals surface area contributed by atoms with E-state index in [0.29, 0.717) is 5.96 Å². The van der Waals surface area contributed by atoms with Gasteiger partial charge in [0.1, 0.15) is 0 Å². The van der Waals surface area contributed by atoms with E-state index in [9.17, 15) is 0 Å². The van der Waals surface area contributed by atoms with Crippen LogP contribution >= 0.6 is 11.8 Å². The van der Waals surface area contributed by atoms with Gasteiger partial charge in [-0.3, -0.25) is 4.99 Å². The SMILES string of the molecule is CCc1cccc2c(CCN=C(N)N3CCSCC3)c[nH]c12. The maximum absolute atomic E-state index is 6.11. The van der Waals surface area contributed by atoms with Crippen molar-refractivity contribution in [2.24, 2.45) is 10.7 Å². The molecule has 1 aliphatic heterocycles. The van der Waals surface area contributed by atoms with Crippen LogP contribution in [0.2, 0.25) is 0 Å². The van der Waals surface area contributed by atoms with Crippen LogP contribution in [0.15, 0.2) is 29.4 Å². The van der Waals surface area contributed by atoms with Crippen molar-refractivity contribution < 1.29 is 0 Å². The average molecular weight is 316 g/mol. The second kappa shape index (κ2) is 7.09. The minimum absolute atomic E-state index is 0.703. The van der Waals surface area contributed by atoms with E-state index in [0.717, 1.165) is 44.0 Å². The van der Waals surface area contributed by atoms with Crippen molar-refractivity contribution in [3.05, 3.63) is 35.5 Å². The molecule has 0 unspecified atom stereocenters. The van der Waals surface area contributed by atoms with Crippen LogP contribution < -0.4 is 5.73 Å². The topological polar surface area (TPSA) is 57.4 Å². The van der Waals surface area contributed by atoms with Crippen molar-refractivity contribution in [2.75, 3.05) is 31.1 Å². The van der Waals surface area contributed by atoms with Gasteiger partial charge in [-0.2, -0.15) is 11.8 Å². The van der Waals surface area contributed by atoms with Crippen LogP contribution in [-0.2, 0) is 12.8 Å². The minimum atomic E-state index is 0.703. The molecule has 1 fully saturated rings. The van der Waals surface area contributed by atoms with Crippen LogP contribution in [0.3, 0.4) is 0 Å².